The quantitative estimate of drug-likeness (QED) is 0.778. The first-order chi connectivity index (χ1) is 8.45. The molecular formula is C13H22N2O3. The molecule has 0 bridgehead atoms. The predicted octanol–water partition coefficient (Wildman–Crippen LogP) is 1.80. The molecule has 1 aliphatic heterocycles. The van der Waals surface area contributed by atoms with E-state index in [2.05, 4.69) is 13.0 Å². The number of hydrogen-bond acceptors (Lipinski definition) is 2. The van der Waals surface area contributed by atoms with Gasteiger partial charge in [0.1, 0.15) is 0 Å². The van der Waals surface area contributed by atoms with Crippen molar-refractivity contribution < 1.29 is 14.7 Å². The number of nitrogens with zero attached hydrogens (tertiary/aromatic N) is 2. The van der Waals surface area contributed by atoms with Gasteiger partial charge in [-0.15, -0.1) is 0 Å². The van der Waals surface area contributed by atoms with E-state index in [4.69, 9.17) is 5.11 Å². The van der Waals surface area contributed by atoms with E-state index in [0.717, 1.165) is 13.0 Å². The molecule has 0 aromatic rings. The molecule has 0 saturated heterocycles. The van der Waals surface area contributed by atoms with Crippen LogP contribution in [0.5, 0.6) is 0 Å². The summed E-state index contributed by atoms with van der Waals surface area (Å²) in [5, 5.41) is 8.89. The van der Waals surface area contributed by atoms with Crippen LogP contribution in [-0.2, 0) is 4.79 Å². The van der Waals surface area contributed by atoms with E-state index in [-0.39, 0.29) is 12.6 Å². The highest BCUT2D eigenvalue weighted by Gasteiger charge is 2.24. The Hall–Kier alpha value is -1.52. The molecule has 0 spiro atoms. The van der Waals surface area contributed by atoms with Crippen molar-refractivity contribution in [3.05, 3.63) is 11.6 Å². The van der Waals surface area contributed by atoms with E-state index in [1.165, 1.54) is 5.57 Å². The number of carboxylic acid groups (broad SMARTS) is 1. The molecule has 0 radical (unpaired) electrons. The topological polar surface area (TPSA) is 60.9 Å². The smallest absolute Gasteiger partial charge is 0.320 e. The van der Waals surface area contributed by atoms with Crippen molar-refractivity contribution in [2.75, 3.05) is 26.2 Å². The Morgan fingerprint density at radius 3 is 2.67 bits per heavy atom. The van der Waals surface area contributed by atoms with Crippen LogP contribution in [0, 0.1) is 5.92 Å². The van der Waals surface area contributed by atoms with E-state index >= 15 is 0 Å². The van der Waals surface area contributed by atoms with Gasteiger partial charge in [0.25, 0.3) is 0 Å². The molecule has 1 rings (SSSR count). The van der Waals surface area contributed by atoms with Crippen molar-refractivity contribution in [3.63, 3.8) is 0 Å². The van der Waals surface area contributed by atoms with Gasteiger partial charge in [0.05, 0.1) is 5.92 Å². The second kappa shape index (κ2) is 6.42. The fourth-order valence-corrected chi connectivity index (χ4v) is 1.90. The third-order valence-electron chi connectivity index (χ3n) is 3.27. The van der Waals surface area contributed by atoms with Crippen LogP contribution in [0.1, 0.15) is 27.2 Å². The fourth-order valence-electron chi connectivity index (χ4n) is 1.90. The molecule has 1 unspecified atom stereocenters. The minimum atomic E-state index is -0.865. The number of rotatable bonds is 4. The summed E-state index contributed by atoms with van der Waals surface area (Å²) in [7, 11) is 0. The molecule has 18 heavy (non-hydrogen) atoms. The molecule has 102 valence electrons. The lowest BCUT2D eigenvalue weighted by molar-refractivity contribution is -0.141. The zero-order valence-electron chi connectivity index (χ0n) is 11.3. The summed E-state index contributed by atoms with van der Waals surface area (Å²) in [4.78, 5) is 26.4. The predicted molar refractivity (Wildman–Crippen MR) is 69.4 cm³/mol. The molecule has 5 nitrogen and oxygen atoms in total. The van der Waals surface area contributed by atoms with Crippen LogP contribution in [0.15, 0.2) is 11.6 Å². The Kier molecular flexibility index (Phi) is 5.19. The van der Waals surface area contributed by atoms with Gasteiger partial charge in [-0.05, 0) is 20.3 Å². The number of urea groups is 1. The van der Waals surface area contributed by atoms with E-state index < -0.39 is 11.9 Å². The minimum Gasteiger partial charge on any atom is -0.481 e. The summed E-state index contributed by atoms with van der Waals surface area (Å²) in [5.41, 5.74) is 1.31. The Morgan fingerprint density at radius 2 is 2.22 bits per heavy atom. The SMILES string of the molecule is CCN(CC(C)C(=O)O)C(=O)N1CC=C(C)CC1. The summed E-state index contributed by atoms with van der Waals surface area (Å²) in [6.45, 7) is 7.71. The monoisotopic (exact) mass is 254 g/mol. The van der Waals surface area contributed by atoms with Crippen molar-refractivity contribution in [2.45, 2.75) is 27.2 Å². The summed E-state index contributed by atoms with van der Waals surface area (Å²) >= 11 is 0. The van der Waals surface area contributed by atoms with E-state index in [1.807, 2.05) is 6.92 Å². The summed E-state index contributed by atoms with van der Waals surface area (Å²) in [5.74, 6) is -1.40. The second-order valence-corrected chi connectivity index (χ2v) is 4.81. The van der Waals surface area contributed by atoms with E-state index in [0.29, 0.717) is 13.1 Å². The van der Waals surface area contributed by atoms with Crippen LogP contribution >= 0.6 is 0 Å². The van der Waals surface area contributed by atoms with Gasteiger partial charge in [-0.2, -0.15) is 0 Å². The van der Waals surface area contributed by atoms with Crippen LogP contribution in [0.4, 0.5) is 4.79 Å². The molecule has 0 fully saturated rings. The molecule has 1 atom stereocenters. The first-order valence-electron chi connectivity index (χ1n) is 6.38. The van der Waals surface area contributed by atoms with Gasteiger partial charge in [0.15, 0.2) is 0 Å². The lowest BCUT2D eigenvalue weighted by Gasteiger charge is -2.32. The molecule has 5 heteroatoms. The maximum atomic E-state index is 12.2. The van der Waals surface area contributed by atoms with E-state index in [1.54, 1.807) is 16.7 Å². The molecular weight excluding hydrogens is 232 g/mol. The van der Waals surface area contributed by atoms with Crippen molar-refractivity contribution >= 4 is 12.0 Å². The van der Waals surface area contributed by atoms with Gasteiger partial charge in [-0.1, -0.05) is 18.6 Å². The third-order valence-corrected chi connectivity index (χ3v) is 3.27. The second-order valence-electron chi connectivity index (χ2n) is 4.81. The Labute approximate surface area is 108 Å². The van der Waals surface area contributed by atoms with Gasteiger partial charge < -0.3 is 14.9 Å². The van der Waals surface area contributed by atoms with Gasteiger partial charge in [0.2, 0.25) is 0 Å². The van der Waals surface area contributed by atoms with Gasteiger partial charge in [-0.3, -0.25) is 4.79 Å². The Balaban J connectivity index is 2.60. The first-order valence-corrected chi connectivity index (χ1v) is 6.38. The summed E-state index contributed by atoms with van der Waals surface area (Å²) in [6.07, 6.45) is 2.95. The highest BCUT2D eigenvalue weighted by Crippen LogP contribution is 2.12. The van der Waals surface area contributed by atoms with Crippen LogP contribution < -0.4 is 0 Å². The number of carbonyl (C=O) groups excluding carboxylic acids is 1. The van der Waals surface area contributed by atoms with Crippen LogP contribution in [0.3, 0.4) is 0 Å². The van der Waals surface area contributed by atoms with Crippen LogP contribution in [0.25, 0.3) is 0 Å². The standard InChI is InChI=1S/C13H22N2O3/c1-4-14(9-11(3)12(16)17)13(18)15-7-5-10(2)6-8-15/h5,11H,4,6-9H2,1-3H3,(H,16,17). The zero-order chi connectivity index (χ0) is 13.7. The molecule has 1 aliphatic rings. The van der Waals surface area contributed by atoms with Crippen molar-refractivity contribution in [1.82, 2.24) is 9.80 Å². The van der Waals surface area contributed by atoms with Gasteiger partial charge >= 0.3 is 12.0 Å². The lowest BCUT2D eigenvalue weighted by Crippen LogP contribution is -2.47. The average Bonchev–Trinajstić information content (AvgIpc) is 2.35. The number of carboxylic acids is 1. The zero-order valence-corrected chi connectivity index (χ0v) is 11.3. The Morgan fingerprint density at radius 1 is 1.56 bits per heavy atom. The van der Waals surface area contributed by atoms with Crippen molar-refractivity contribution in [3.8, 4) is 0 Å². The largest absolute Gasteiger partial charge is 0.481 e. The Bertz CT molecular complexity index is 352. The molecule has 0 aliphatic carbocycles. The van der Waals surface area contributed by atoms with Gasteiger partial charge in [-0.25, -0.2) is 4.79 Å². The minimum absolute atomic E-state index is 0.0608. The molecule has 0 saturated carbocycles. The van der Waals surface area contributed by atoms with Crippen molar-refractivity contribution in [2.24, 2.45) is 5.92 Å². The third kappa shape index (κ3) is 3.75. The molecule has 1 N–H and O–H groups in total. The van der Waals surface area contributed by atoms with Gasteiger partial charge in [0, 0.05) is 26.2 Å². The number of amides is 2. The summed E-state index contributed by atoms with van der Waals surface area (Å²) < 4.78 is 0. The molecule has 2 amide bonds. The number of aliphatic carboxylic acids is 1. The molecule has 0 aromatic heterocycles. The fraction of sp³-hybridized carbons (Fsp3) is 0.692. The maximum absolute atomic E-state index is 12.2. The van der Waals surface area contributed by atoms with Crippen molar-refractivity contribution in [1.29, 1.82) is 0 Å². The molecule has 1 heterocycles. The summed E-state index contributed by atoms with van der Waals surface area (Å²) in [6, 6.07) is -0.0608. The highest BCUT2D eigenvalue weighted by atomic mass is 16.4. The lowest BCUT2D eigenvalue weighted by atomic mass is 10.1. The first kappa shape index (κ1) is 14.5. The number of carbonyl (C=O) groups is 2. The number of hydrogen-bond donors (Lipinski definition) is 1. The normalized spacial score (nSPS) is 17.1. The maximum Gasteiger partial charge on any atom is 0.320 e. The average molecular weight is 254 g/mol. The van der Waals surface area contributed by atoms with Crippen LogP contribution in [-0.4, -0.2) is 53.1 Å². The molecule has 0 aromatic carbocycles. The van der Waals surface area contributed by atoms with Crippen LogP contribution in [0.2, 0.25) is 0 Å². The highest BCUT2D eigenvalue weighted by molar-refractivity contribution is 5.76. The van der Waals surface area contributed by atoms with E-state index in [9.17, 15) is 9.59 Å².